The third kappa shape index (κ3) is 4.82. The summed E-state index contributed by atoms with van der Waals surface area (Å²) >= 11 is 5.03. The molecule has 1 heterocycles. The van der Waals surface area contributed by atoms with E-state index in [2.05, 4.69) is 50.0 Å². The Labute approximate surface area is 136 Å². The number of esters is 1. The van der Waals surface area contributed by atoms with Gasteiger partial charge in [-0.05, 0) is 24.6 Å². The fourth-order valence-corrected chi connectivity index (χ4v) is 3.11. The van der Waals surface area contributed by atoms with E-state index < -0.39 is 0 Å². The summed E-state index contributed by atoms with van der Waals surface area (Å²) in [4.78, 5) is 15.6. The molecule has 0 aliphatic heterocycles. The van der Waals surface area contributed by atoms with Gasteiger partial charge in [-0.3, -0.25) is 4.79 Å². The van der Waals surface area contributed by atoms with E-state index in [1.54, 1.807) is 11.3 Å². The minimum absolute atomic E-state index is 0.169. The molecule has 0 amide bonds. The smallest absolute Gasteiger partial charge is 0.305 e. The first-order valence-electron chi connectivity index (χ1n) is 6.61. The number of rotatable bonds is 6. The maximum atomic E-state index is 11.1. The zero-order chi connectivity index (χ0) is 15.2. The molecule has 4 nitrogen and oxygen atoms in total. The third-order valence-electron chi connectivity index (χ3n) is 3.05. The molecule has 1 N–H and O–H groups in total. The number of methoxy groups -OCH3 is 1. The van der Waals surface area contributed by atoms with Crippen molar-refractivity contribution in [2.24, 2.45) is 0 Å². The van der Waals surface area contributed by atoms with Crippen LogP contribution in [-0.4, -0.2) is 18.1 Å². The Kier molecular flexibility index (Phi) is 5.76. The van der Waals surface area contributed by atoms with Gasteiger partial charge in [0.25, 0.3) is 0 Å². The van der Waals surface area contributed by atoms with E-state index in [1.165, 1.54) is 12.7 Å². The van der Waals surface area contributed by atoms with Crippen molar-refractivity contribution in [1.29, 1.82) is 0 Å². The molecular weight excluding hydrogens is 352 g/mol. The predicted molar refractivity (Wildman–Crippen MR) is 88.6 cm³/mol. The molecule has 0 fully saturated rings. The Hall–Kier alpha value is -1.40. The Bertz CT molecular complexity index is 615. The quantitative estimate of drug-likeness (QED) is 0.776. The molecule has 2 aromatic rings. The fraction of sp³-hybridized carbons (Fsp3) is 0.333. The van der Waals surface area contributed by atoms with Gasteiger partial charge in [-0.2, -0.15) is 0 Å². The molecule has 1 unspecified atom stereocenters. The Morgan fingerprint density at radius 3 is 3.05 bits per heavy atom. The van der Waals surface area contributed by atoms with Crippen LogP contribution in [0.3, 0.4) is 0 Å². The Morgan fingerprint density at radius 1 is 1.52 bits per heavy atom. The van der Waals surface area contributed by atoms with Crippen molar-refractivity contribution in [3.8, 4) is 0 Å². The minimum atomic E-state index is -0.208. The number of nitrogens with zero attached hydrogens (tertiary/aromatic N) is 1. The van der Waals surface area contributed by atoms with Gasteiger partial charge in [-0.15, -0.1) is 11.3 Å². The number of nitrogens with one attached hydrogen (secondary N) is 1. The zero-order valence-electron chi connectivity index (χ0n) is 11.9. The van der Waals surface area contributed by atoms with Crippen LogP contribution in [0.25, 0.3) is 0 Å². The highest BCUT2D eigenvalue weighted by molar-refractivity contribution is 9.10. The van der Waals surface area contributed by atoms with Crippen LogP contribution in [0.15, 0.2) is 34.1 Å². The first-order valence-corrected chi connectivity index (χ1v) is 8.29. The minimum Gasteiger partial charge on any atom is -0.469 e. The summed E-state index contributed by atoms with van der Waals surface area (Å²) in [5.74, 6) is -0.208. The summed E-state index contributed by atoms with van der Waals surface area (Å²) in [5, 5.41) is 6.21. The van der Waals surface area contributed by atoms with Gasteiger partial charge < -0.3 is 10.1 Å². The van der Waals surface area contributed by atoms with Crippen molar-refractivity contribution in [1.82, 2.24) is 4.98 Å². The number of halogens is 1. The number of carbonyl (C=O) groups excluding carboxylic acids is 1. The van der Waals surface area contributed by atoms with Crippen molar-refractivity contribution >= 4 is 38.4 Å². The van der Waals surface area contributed by atoms with E-state index in [4.69, 9.17) is 0 Å². The standard InChI is InChI=1S/C15H17BrN2O2S/c1-10(11-4-3-5-12(16)8-11)17-15-18-13(9-21-15)6-7-14(19)20-2/h3-5,8-10H,6-7H2,1-2H3,(H,17,18). The highest BCUT2D eigenvalue weighted by Gasteiger charge is 2.10. The molecule has 0 bridgehead atoms. The molecule has 1 aromatic heterocycles. The van der Waals surface area contributed by atoms with Crippen LogP contribution >= 0.6 is 27.3 Å². The number of aromatic nitrogens is 1. The fourth-order valence-electron chi connectivity index (χ4n) is 1.86. The molecule has 112 valence electrons. The maximum Gasteiger partial charge on any atom is 0.305 e. The van der Waals surface area contributed by atoms with Crippen LogP contribution in [-0.2, 0) is 16.0 Å². The first kappa shape index (κ1) is 16.0. The van der Waals surface area contributed by atoms with Gasteiger partial charge >= 0.3 is 5.97 Å². The lowest BCUT2D eigenvalue weighted by Crippen LogP contribution is -2.06. The molecule has 2 rings (SSSR count). The molecule has 0 saturated carbocycles. The number of ether oxygens (including phenoxy) is 1. The van der Waals surface area contributed by atoms with E-state index in [-0.39, 0.29) is 12.0 Å². The lowest BCUT2D eigenvalue weighted by atomic mass is 10.1. The van der Waals surface area contributed by atoms with Crippen LogP contribution in [0.4, 0.5) is 5.13 Å². The highest BCUT2D eigenvalue weighted by Crippen LogP contribution is 2.24. The average molecular weight is 369 g/mol. The monoisotopic (exact) mass is 368 g/mol. The van der Waals surface area contributed by atoms with Gasteiger partial charge in [0.2, 0.25) is 0 Å². The molecule has 0 spiro atoms. The van der Waals surface area contributed by atoms with Gasteiger partial charge in [0.05, 0.1) is 25.3 Å². The van der Waals surface area contributed by atoms with E-state index in [1.807, 2.05) is 17.5 Å². The molecule has 21 heavy (non-hydrogen) atoms. The second-order valence-electron chi connectivity index (χ2n) is 4.64. The Morgan fingerprint density at radius 2 is 2.33 bits per heavy atom. The number of hydrogen-bond acceptors (Lipinski definition) is 5. The first-order chi connectivity index (χ1) is 10.1. The summed E-state index contributed by atoms with van der Waals surface area (Å²) in [6.45, 7) is 2.09. The third-order valence-corrected chi connectivity index (χ3v) is 4.37. The lowest BCUT2D eigenvalue weighted by Gasteiger charge is -2.13. The maximum absolute atomic E-state index is 11.1. The van der Waals surface area contributed by atoms with Crippen LogP contribution in [0, 0.1) is 0 Å². The second-order valence-corrected chi connectivity index (χ2v) is 6.41. The molecule has 1 atom stereocenters. The van der Waals surface area contributed by atoms with Crippen LogP contribution in [0.5, 0.6) is 0 Å². The molecule has 0 saturated heterocycles. The predicted octanol–water partition coefficient (Wildman–Crippen LogP) is 4.18. The SMILES string of the molecule is COC(=O)CCc1csc(NC(C)c2cccc(Br)c2)n1. The largest absolute Gasteiger partial charge is 0.469 e. The number of carbonyl (C=O) groups is 1. The number of anilines is 1. The summed E-state index contributed by atoms with van der Waals surface area (Å²) in [5.41, 5.74) is 2.10. The average Bonchev–Trinajstić information content (AvgIpc) is 2.92. The molecular formula is C15H17BrN2O2S. The van der Waals surface area contributed by atoms with Crippen LogP contribution in [0.2, 0.25) is 0 Å². The summed E-state index contributed by atoms with van der Waals surface area (Å²) in [7, 11) is 1.40. The normalized spacial score (nSPS) is 12.0. The van der Waals surface area contributed by atoms with Crippen molar-refractivity contribution < 1.29 is 9.53 Å². The summed E-state index contributed by atoms with van der Waals surface area (Å²) < 4.78 is 5.69. The molecule has 0 aliphatic carbocycles. The van der Waals surface area contributed by atoms with Gasteiger partial charge in [0.15, 0.2) is 5.13 Å². The van der Waals surface area contributed by atoms with Crippen molar-refractivity contribution in [3.05, 3.63) is 45.4 Å². The van der Waals surface area contributed by atoms with Gasteiger partial charge in [-0.25, -0.2) is 4.98 Å². The molecule has 0 radical (unpaired) electrons. The van der Waals surface area contributed by atoms with E-state index >= 15 is 0 Å². The van der Waals surface area contributed by atoms with Crippen molar-refractivity contribution in [2.75, 3.05) is 12.4 Å². The Balaban J connectivity index is 1.94. The topological polar surface area (TPSA) is 51.2 Å². The van der Waals surface area contributed by atoms with Crippen LogP contribution < -0.4 is 5.32 Å². The number of thiazole rings is 1. The van der Waals surface area contributed by atoms with Crippen LogP contribution in [0.1, 0.15) is 30.6 Å². The molecule has 6 heteroatoms. The van der Waals surface area contributed by atoms with E-state index in [0.29, 0.717) is 12.8 Å². The zero-order valence-corrected chi connectivity index (χ0v) is 14.3. The molecule has 1 aromatic carbocycles. The van der Waals surface area contributed by atoms with Crippen molar-refractivity contribution in [2.45, 2.75) is 25.8 Å². The van der Waals surface area contributed by atoms with Gasteiger partial charge in [-0.1, -0.05) is 28.1 Å². The van der Waals surface area contributed by atoms with Gasteiger partial charge in [0, 0.05) is 16.3 Å². The number of aryl methyl sites for hydroxylation is 1. The summed E-state index contributed by atoms with van der Waals surface area (Å²) in [6, 6.07) is 8.35. The second kappa shape index (κ2) is 7.56. The lowest BCUT2D eigenvalue weighted by molar-refractivity contribution is -0.140. The van der Waals surface area contributed by atoms with Gasteiger partial charge in [0.1, 0.15) is 0 Å². The van der Waals surface area contributed by atoms with E-state index in [0.717, 1.165) is 15.3 Å². The number of hydrogen-bond donors (Lipinski definition) is 1. The molecule has 0 aliphatic rings. The van der Waals surface area contributed by atoms with E-state index in [9.17, 15) is 4.79 Å². The van der Waals surface area contributed by atoms with Crippen molar-refractivity contribution in [3.63, 3.8) is 0 Å². The summed E-state index contributed by atoms with van der Waals surface area (Å²) in [6.07, 6.45) is 0.969. The number of benzene rings is 1. The highest BCUT2D eigenvalue weighted by atomic mass is 79.9.